The van der Waals surface area contributed by atoms with E-state index in [0.29, 0.717) is 28.4 Å². The van der Waals surface area contributed by atoms with E-state index in [-0.39, 0.29) is 40.6 Å². The Labute approximate surface area is 354 Å². The summed E-state index contributed by atoms with van der Waals surface area (Å²) in [4.78, 5) is 9.49. The molecule has 0 aliphatic carbocycles. The molecule has 0 atom stereocenters. The van der Waals surface area contributed by atoms with Gasteiger partial charge in [0, 0.05) is 29.2 Å². The van der Waals surface area contributed by atoms with Gasteiger partial charge < -0.3 is 4.74 Å². The van der Waals surface area contributed by atoms with Crippen molar-refractivity contribution in [2.24, 2.45) is 0 Å². The van der Waals surface area contributed by atoms with Crippen molar-refractivity contribution in [3.05, 3.63) is 169 Å². The number of pyridine rings is 2. The third-order valence-electron chi connectivity index (χ3n) is 11.0. The van der Waals surface area contributed by atoms with Gasteiger partial charge in [-0.15, -0.1) is 0 Å². The first-order valence-electron chi connectivity index (χ1n) is 22.6. The number of nitrogens with zero attached hydrogens (tertiary/aromatic N) is 5. The summed E-state index contributed by atoms with van der Waals surface area (Å²) in [6, 6.07) is 31.1. The van der Waals surface area contributed by atoms with Crippen LogP contribution in [0.3, 0.4) is 0 Å². The molecule has 9 rings (SSSR count). The average Bonchev–Trinajstić information content (AvgIpc) is 3.80. The molecule has 294 valence electrons. The summed E-state index contributed by atoms with van der Waals surface area (Å²) in [5.41, 5.74) is 7.96. The topological polar surface area (TPSA) is 48.8 Å². The molecule has 0 unspecified atom stereocenters. The number of aromatic nitrogens is 5. The molecule has 0 N–H and O–H groups in total. The van der Waals surface area contributed by atoms with Crippen molar-refractivity contribution in [1.29, 1.82) is 0 Å². The Morgan fingerprint density at radius 3 is 2.10 bits per heavy atom. The Bertz CT molecular complexity index is 3300. The zero-order valence-electron chi connectivity index (χ0n) is 40.1. The number of rotatable bonds is 6. The van der Waals surface area contributed by atoms with E-state index in [4.69, 9.17) is 16.6 Å². The maximum Gasteiger partial charge on any atom is 0.269 e. The number of hydrogen-bond acceptors (Lipinski definition) is 3. The molecule has 4 heterocycles. The Morgan fingerprint density at radius 1 is 0.644 bits per heavy atom. The highest BCUT2D eigenvalue weighted by Gasteiger charge is 2.28. The van der Waals surface area contributed by atoms with Gasteiger partial charge in [0.05, 0.1) is 46.5 Å². The van der Waals surface area contributed by atoms with Crippen molar-refractivity contribution in [1.82, 2.24) is 19.1 Å². The molecule has 0 radical (unpaired) electrons. The van der Waals surface area contributed by atoms with Crippen LogP contribution in [0.2, 0.25) is 0 Å². The highest BCUT2D eigenvalue weighted by Crippen LogP contribution is 2.41. The first kappa shape index (κ1) is 32.4. The number of ether oxygens (including phenoxy) is 1. The van der Waals surface area contributed by atoms with Gasteiger partial charge in [0.25, 0.3) is 6.33 Å². The van der Waals surface area contributed by atoms with Gasteiger partial charge >= 0.3 is 0 Å². The minimum atomic E-state index is -0.479. The number of imidazole rings is 1. The normalized spacial score (nSPS) is 13.7. The molecule has 6 heteroatoms. The van der Waals surface area contributed by atoms with Crippen LogP contribution in [0.4, 0.5) is 0 Å². The zero-order valence-corrected chi connectivity index (χ0v) is 35.1. The highest BCUT2D eigenvalue weighted by atomic mass is 16.5. The van der Waals surface area contributed by atoms with Crippen LogP contribution < -0.4 is 9.30 Å². The van der Waals surface area contributed by atoms with Gasteiger partial charge in [-0.3, -0.25) is 18.7 Å². The molecule has 59 heavy (non-hydrogen) atoms. The van der Waals surface area contributed by atoms with E-state index in [0.717, 1.165) is 49.8 Å². The Balaban J connectivity index is 1.21. The molecule has 4 aromatic heterocycles. The van der Waals surface area contributed by atoms with E-state index in [1.54, 1.807) is 12.4 Å². The van der Waals surface area contributed by atoms with E-state index in [2.05, 4.69) is 127 Å². The third kappa shape index (κ3) is 6.97. The molecule has 0 bridgehead atoms. The Morgan fingerprint density at radius 2 is 1.36 bits per heavy atom. The van der Waals surface area contributed by atoms with E-state index in [9.17, 15) is 0 Å². The summed E-state index contributed by atoms with van der Waals surface area (Å²) >= 11 is 0. The summed E-state index contributed by atoms with van der Waals surface area (Å²) in [6.45, 7) is 19.3. The minimum Gasteiger partial charge on any atom is -0.456 e. The zero-order chi connectivity index (χ0) is 45.6. The van der Waals surface area contributed by atoms with Crippen LogP contribution in [-0.2, 0) is 16.2 Å². The summed E-state index contributed by atoms with van der Waals surface area (Å²) in [7, 11) is 0. The van der Waals surface area contributed by atoms with Crippen molar-refractivity contribution in [3.63, 3.8) is 0 Å². The lowest BCUT2D eigenvalue weighted by Crippen LogP contribution is -2.33. The third-order valence-corrected chi connectivity index (χ3v) is 11.0. The minimum absolute atomic E-state index is 0.0526. The fraction of sp³-hybridized carbons (Fsp3) is 0.226. The summed E-state index contributed by atoms with van der Waals surface area (Å²) < 4.78 is 56.8. The summed E-state index contributed by atoms with van der Waals surface area (Å²) in [5, 5.41) is 2.21. The van der Waals surface area contributed by atoms with Crippen molar-refractivity contribution in [2.45, 2.75) is 78.6 Å². The van der Waals surface area contributed by atoms with E-state index in [1.165, 1.54) is 5.56 Å². The van der Waals surface area contributed by atoms with Gasteiger partial charge in [0.2, 0.25) is 0 Å². The van der Waals surface area contributed by atoms with E-state index in [1.807, 2.05) is 63.9 Å². The molecule has 6 nitrogen and oxygen atoms in total. The number of hydrogen-bond donors (Lipinski definition) is 0. The molecule has 0 saturated heterocycles. The molecule has 0 fully saturated rings. The van der Waals surface area contributed by atoms with Gasteiger partial charge in [0.1, 0.15) is 17.3 Å². The number of fused-ring (bicyclic) bond motifs is 4. The first-order valence-corrected chi connectivity index (χ1v) is 20.1. The van der Waals surface area contributed by atoms with Crippen LogP contribution in [0.1, 0.15) is 85.9 Å². The van der Waals surface area contributed by atoms with E-state index >= 15 is 0 Å². The predicted octanol–water partition coefficient (Wildman–Crippen LogP) is 12.9. The number of para-hydroxylation sites is 3. The van der Waals surface area contributed by atoms with Crippen LogP contribution in [0.5, 0.6) is 11.5 Å². The lowest BCUT2D eigenvalue weighted by atomic mass is 9.76. The lowest BCUT2D eigenvalue weighted by Gasteiger charge is -2.30. The number of benzene rings is 5. The largest absolute Gasteiger partial charge is 0.456 e. The van der Waals surface area contributed by atoms with Crippen LogP contribution >= 0.6 is 0 Å². The average molecular weight is 779 g/mol. The second-order valence-electron chi connectivity index (χ2n) is 18.3. The van der Waals surface area contributed by atoms with Gasteiger partial charge in [0.15, 0.2) is 0 Å². The Hall–Kier alpha value is -6.53. The quantitative estimate of drug-likeness (QED) is 0.125. The summed E-state index contributed by atoms with van der Waals surface area (Å²) in [6.07, 6.45) is 8.94. The van der Waals surface area contributed by atoms with Gasteiger partial charge in [-0.1, -0.05) is 141 Å². The van der Waals surface area contributed by atoms with Crippen molar-refractivity contribution >= 4 is 32.8 Å². The second kappa shape index (κ2) is 14.1. The second-order valence-corrected chi connectivity index (χ2v) is 18.3. The summed E-state index contributed by atoms with van der Waals surface area (Å²) in [5.74, 6) is 1.99. The SMILES string of the molecule is [2H]c1c([2H])c([2H])c(-c2c(-[n+]3[c-]n(-c4cncc(Oc5ccc6c7ccccc7n(-c7cc(C(C)(C)C)ccn7)c6c5)c4)c4ccccc43)cc(C(C)(C)C)cc2C(C)(C)C)c([2H])c1[2H]. The monoisotopic (exact) mass is 778 g/mol. The standard InChI is InChI=1S/C53H51N5O/c1-51(2,3)36-25-26-55-49(29-36)58-44-20-14-13-19-41(44)42-24-23-39(31-47(42)58)59-40-30-38(32-54-33-40)56-34-57(46-22-16-15-21-45(46)56)48-28-37(52(4,5)6)27-43(53(7,8)9)50(48)35-17-11-10-12-18-35/h10-33H,1-9H3/i10D,11D,12D,17D,18D. The van der Waals surface area contributed by atoms with Crippen LogP contribution in [-0.4, -0.2) is 19.1 Å². The smallest absolute Gasteiger partial charge is 0.269 e. The lowest BCUT2D eigenvalue weighted by molar-refractivity contribution is -0.571. The van der Waals surface area contributed by atoms with Crippen LogP contribution in [0, 0.1) is 6.33 Å². The fourth-order valence-electron chi connectivity index (χ4n) is 7.89. The molecular formula is C53H51N5O. The Kier molecular flexibility index (Phi) is 7.74. The maximum atomic E-state index is 9.16. The molecule has 0 saturated carbocycles. The van der Waals surface area contributed by atoms with Gasteiger partial charge in [-0.2, -0.15) is 0 Å². The van der Waals surface area contributed by atoms with E-state index < -0.39 is 11.5 Å². The first-order chi connectivity index (χ1) is 30.2. The predicted molar refractivity (Wildman–Crippen MR) is 242 cm³/mol. The molecule has 0 spiro atoms. The van der Waals surface area contributed by atoms with Crippen molar-refractivity contribution < 1.29 is 16.2 Å². The van der Waals surface area contributed by atoms with Crippen LogP contribution in [0.15, 0.2) is 146 Å². The molecule has 5 aromatic carbocycles. The molecular weight excluding hydrogens is 723 g/mol. The maximum absolute atomic E-state index is 9.16. The van der Waals surface area contributed by atoms with Gasteiger partial charge in [-0.05, 0) is 86.5 Å². The fourth-order valence-corrected chi connectivity index (χ4v) is 7.89. The van der Waals surface area contributed by atoms with Gasteiger partial charge in [-0.25, -0.2) is 4.98 Å². The molecule has 0 amide bonds. The van der Waals surface area contributed by atoms with Crippen LogP contribution in [0.25, 0.3) is 61.2 Å². The van der Waals surface area contributed by atoms with Crippen molar-refractivity contribution in [3.8, 4) is 39.8 Å². The molecule has 9 aromatic rings. The molecule has 0 aliphatic rings. The molecule has 0 aliphatic heterocycles. The van der Waals surface area contributed by atoms with Crippen molar-refractivity contribution in [2.75, 3.05) is 0 Å². The highest BCUT2D eigenvalue weighted by molar-refractivity contribution is 6.09.